The molecule has 0 spiro atoms. The molecule has 4 rings (SSSR count). The predicted octanol–water partition coefficient (Wildman–Crippen LogP) is 3.75. The van der Waals surface area contributed by atoms with Gasteiger partial charge in [-0.2, -0.15) is 0 Å². The van der Waals surface area contributed by atoms with Crippen molar-refractivity contribution >= 4 is 11.5 Å². The molecule has 154 valence electrons. The monoisotopic (exact) mass is 390 g/mol. The van der Waals surface area contributed by atoms with Crippen LogP contribution >= 0.6 is 0 Å². The molecule has 7 heteroatoms. The van der Waals surface area contributed by atoms with Crippen LogP contribution in [0.25, 0.3) is 5.52 Å². The van der Waals surface area contributed by atoms with Crippen LogP contribution in [0.1, 0.15) is 64.5 Å². The lowest BCUT2D eigenvalue weighted by atomic mass is 9.69. The Balaban J connectivity index is 1.56. The highest BCUT2D eigenvalue weighted by molar-refractivity contribution is 5.50. The van der Waals surface area contributed by atoms with Crippen molar-refractivity contribution in [3.05, 3.63) is 23.8 Å². The number of hydrogen-bond donors (Lipinski definition) is 2. The lowest BCUT2D eigenvalue weighted by Gasteiger charge is -2.36. The van der Waals surface area contributed by atoms with Crippen molar-refractivity contribution in [2.24, 2.45) is 11.3 Å². The zero-order valence-corrected chi connectivity index (χ0v) is 17.0. The smallest absolute Gasteiger partial charge is 0.241 e. The number of nitrogens with one attached hydrogen (secondary N) is 1. The molecule has 2 aromatic rings. The van der Waals surface area contributed by atoms with Gasteiger partial charge in [-0.05, 0) is 49.5 Å². The SMILES string of the molecule is CC(C)(C)[C@H]1CC[C@H](c2cc(F)c3cnc(N[C@@H]4CCOC[C@H]4O)nn32)CC1. The molecule has 6 nitrogen and oxygen atoms in total. The van der Waals surface area contributed by atoms with Gasteiger partial charge in [-0.25, -0.2) is 13.9 Å². The van der Waals surface area contributed by atoms with E-state index in [1.807, 2.05) is 0 Å². The van der Waals surface area contributed by atoms with Crippen LogP contribution < -0.4 is 5.32 Å². The molecule has 1 aliphatic carbocycles. The van der Waals surface area contributed by atoms with E-state index < -0.39 is 6.10 Å². The standard InChI is InChI=1S/C21H31FN4O2/c1-21(2,3)14-6-4-13(5-7-14)17-10-15(22)18-11-23-20(25-26(17)18)24-16-8-9-28-12-19(16)27/h10-11,13-14,16,19,27H,4-9,12H2,1-3H3,(H,24,25)/t13-,14-,16-,19-/m1/s1. The Bertz CT molecular complexity index is 824. The molecule has 0 amide bonds. The molecular formula is C21H31FN4O2. The number of ether oxygens (including phenoxy) is 1. The summed E-state index contributed by atoms with van der Waals surface area (Å²) in [6.45, 7) is 7.82. The third-order valence-electron chi connectivity index (χ3n) is 6.51. The normalized spacial score (nSPS) is 29.2. The van der Waals surface area contributed by atoms with Gasteiger partial charge >= 0.3 is 0 Å². The van der Waals surface area contributed by atoms with Crippen LogP contribution in [-0.4, -0.2) is 45.1 Å². The van der Waals surface area contributed by atoms with Gasteiger partial charge in [0, 0.05) is 18.2 Å². The van der Waals surface area contributed by atoms with Gasteiger partial charge in [-0.3, -0.25) is 0 Å². The highest BCUT2D eigenvalue weighted by Crippen LogP contribution is 2.43. The Labute approximate surface area is 165 Å². The van der Waals surface area contributed by atoms with E-state index in [4.69, 9.17) is 4.74 Å². The lowest BCUT2D eigenvalue weighted by Crippen LogP contribution is -2.42. The Morgan fingerprint density at radius 3 is 2.64 bits per heavy atom. The van der Waals surface area contributed by atoms with Crippen LogP contribution in [0.3, 0.4) is 0 Å². The molecule has 3 heterocycles. The van der Waals surface area contributed by atoms with Gasteiger partial charge in [-0.1, -0.05) is 20.8 Å². The number of fused-ring (bicyclic) bond motifs is 1. The summed E-state index contributed by atoms with van der Waals surface area (Å²) in [7, 11) is 0. The van der Waals surface area contributed by atoms with Gasteiger partial charge in [0.05, 0.1) is 24.9 Å². The third kappa shape index (κ3) is 3.87. The molecule has 2 N–H and O–H groups in total. The molecular weight excluding hydrogens is 359 g/mol. The minimum Gasteiger partial charge on any atom is -0.389 e. The fourth-order valence-corrected chi connectivity index (χ4v) is 4.65. The summed E-state index contributed by atoms with van der Waals surface area (Å²) >= 11 is 0. The van der Waals surface area contributed by atoms with Crippen LogP contribution in [0.4, 0.5) is 10.3 Å². The maximum Gasteiger partial charge on any atom is 0.241 e. The van der Waals surface area contributed by atoms with Gasteiger partial charge in [0.25, 0.3) is 0 Å². The van der Waals surface area contributed by atoms with E-state index in [0.29, 0.717) is 48.4 Å². The lowest BCUT2D eigenvalue weighted by molar-refractivity contribution is -0.0136. The summed E-state index contributed by atoms with van der Waals surface area (Å²) in [5, 5.41) is 17.9. The quantitative estimate of drug-likeness (QED) is 0.835. The summed E-state index contributed by atoms with van der Waals surface area (Å²) in [6.07, 6.45) is 6.05. The van der Waals surface area contributed by atoms with E-state index in [1.165, 1.54) is 6.20 Å². The molecule has 0 radical (unpaired) electrons. The topological polar surface area (TPSA) is 71.7 Å². The third-order valence-corrected chi connectivity index (χ3v) is 6.51. The van der Waals surface area contributed by atoms with E-state index >= 15 is 0 Å². The van der Waals surface area contributed by atoms with E-state index in [9.17, 15) is 9.50 Å². The van der Waals surface area contributed by atoms with Gasteiger partial charge in [0.2, 0.25) is 5.95 Å². The highest BCUT2D eigenvalue weighted by Gasteiger charge is 2.32. The molecule has 2 aromatic heterocycles. The maximum atomic E-state index is 14.5. The predicted molar refractivity (Wildman–Crippen MR) is 106 cm³/mol. The Hall–Kier alpha value is -1.73. The molecule has 1 saturated carbocycles. The molecule has 1 saturated heterocycles. The zero-order valence-electron chi connectivity index (χ0n) is 17.0. The zero-order chi connectivity index (χ0) is 19.9. The summed E-state index contributed by atoms with van der Waals surface area (Å²) in [5.74, 6) is 1.16. The van der Waals surface area contributed by atoms with E-state index in [-0.39, 0.29) is 11.9 Å². The minimum absolute atomic E-state index is 0.155. The van der Waals surface area contributed by atoms with E-state index in [0.717, 1.165) is 31.4 Å². The van der Waals surface area contributed by atoms with Crippen molar-refractivity contribution in [1.82, 2.24) is 14.6 Å². The van der Waals surface area contributed by atoms with Crippen LogP contribution in [0.5, 0.6) is 0 Å². The molecule has 1 aliphatic heterocycles. The summed E-state index contributed by atoms with van der Waals surface area (Å²) < 4.78 is 21.5. The fraction of sp³-hybridized carbons (Fsp3) is 0.714. The number of nitrogens with zero attached hydrogens (tertiary/aromatic N) is 3. The van der Waals surface area contributed by atoms with Crippen LogP contribution in [0, 0.1) is 17.2 Å². The summed E-state index contributed by atoms with van der Waals surface area (Å²) in [4.78, 5) is 4.26. The molecule has 2 atom stereocenters. The number of aliphatic hydroxyl groups excluding tert-OH is 1. The van der Waals surface area contributed by atoms with Crippen molar-refractivity contribution in [3.63, 3.8) is 0 Å². The molecule has 0 unspecified atom stereocenters. The molecule has 2 fully saturated rings. The van der Waals surface area contributed by atoms with E-state index in [1.54, 1.807) is 10.6 Å². The summed E-state index contributed by atoms with van der Waals surface area (Å²) in [6, 6.07) is 1.47. The van der Waals surface area contributed by atoms with E-state index in [2.05, 4.69) is 36.2 Å². The van der Waals surface area contributed by atoms with Crippen molar-refractivity contribution in [2.45, 2.75) is 70.9 Å². The first kappa shape index (κ1) is 19.6. The summed E-state index contributed by atoms with van der Waals surface area (Å²) in [5.41, 5.74) is 1.66. The number of halogens is 1. The number of hydrogen-bond acceptors (Lipinski definition) is 5. The van der Waals surface area contributed by atoms with Crippen molar-refractivity contribution in [2.75, 3.05) is 18.5 Å². The maximum absolute atomic E-state index is 14.5. The molecule has 0 aromatic carbocycles. The second-order valence-electron chi connectivity index (χ2n) is 9.39. The van der Waals surface area contributed by atoms with Gasteiger partial charge in [0.15, 0.2) is 5.82 Å². The Morgan fingerprint density at radius 2 is 1.96 bits per heavy atom. The first-order valence-corrected chi connectivity index (χ1v) is 10.4. The molecule has 28 heavy (non-hydrogen) atoms. The van der Waals surface area contributed by atoms with Crippen LogP contribution in [0.2, 0.25) is 0 Å². The Morgan fingerprint density at radius 1 is 1.21 bits per heavy atom. The molecule has 2 aliphatic rings. The number of anilines is 1. The number of aliphatic hydroxyl groups is 1. The first-order valence-electron chi connectivity index (χ1n) is 10.4. The highest BCUT2D eigenvalue weighted by atomic mass is 19.1. The van der Waals surface area contributed by atoms with Gasteiger partial charge < -0.3 is 15.2 Å². The largest absolute Gasteiger partial charge is 0.389 e. The first-order chi connectivity index (χ1) is 13.3. The van der Waals surface area contributed by atoms with Crippen molar-refractivity contribution in [3.8, 4) is 0 Å². The van der Waals surface area contributed by atoms with Gasteiger partial charge in [0.1, 0.15) is 5.52 Å². The second kappa shape index (κ2) is 7.59. The minimum atomic E-state index is -0.596. The number of rotatable bonds is 3. The molecule has 0 bridgehead atoms. The second-order valence-corrected chi connectivity index (χ2v) is 9.39. The number of aromatic nitrogens is 3. The van der Waals surface area contributed by atoms with Crippen LogP contribution in [0.15, 0.2) is 12.3 Å². The van der Waals surface area contributed by atoms with Crippen molar-refractivity contribution < 1.29 is 14.2 Å². The fourth-order valence-electron chi connectivity index (χ4n) is 4.65. The van der Waals surface area contributed by atoms with Gasteiger partial charge in [-0.15, -0.1) is 5.10 Å². The average Bonchev–Trinajstić information content (AvgIpc) is 2.99. The van der Waals surface area contributed by atoms with Crippen LogP contribution in [-0.2, 0) is 4.74 Å². The average molecular weight is 391 g/mol. The van der Waals surface area contributed by atoms with Crippen molar-refractivity contribution in [1.29, 1.82) is 0 Å². The Kier molecular flexibility index (Phi) is 5.31.